The number of hydrogen-bond donors (Lipinski definition) is 0. The molecule has 0 amide bonds. The van der Waals surface area contributed by atoms with Crippen molar-refractivity contribution in [3.05, 3.63) is 94.0 Å². The van der Waals surface area contributed by atoms with Crippen LogP contribution in [0.1, 0.15) is 43.0 Å². The number of hydrogen-bond acceptors (Lipinski definition) is 5. The van der Waals surface area contributed by atoms with Crippen LogP contribution >= 0.6 is 0 Å². The second kappa shape index (κ2) is 9.27. The van der Waals surface area contributed by atoms with Crippen LogP contribution in [-0.2, 0) is 11.2 Å². The molecule has 30 heavy (non-hydrogen) atoms. The minimum absolute atomic E-state index is 0.361. The molecule has 0 saturated carbocycles. The number of aryl methyl sites for hydroxylation is 2. The van der Waals surface area contributed by atoms with Crippen LogP contribution < -0.4 is 9.47 Å². The molecule has 0 N–H and O–H groups in total. The van der Waals surface area contributed by atoms with Gasteiger partial charge in [0.2, 0.25) is 0 Å². The molecule has 0 bridgehead atoms. The Bertz CT molecular complexity index is 1070. The van der Waals surface area contributed by atoms with Crippen molar-refractivity contribution in [1.29, 1.82) is 0 Å². The van der Waals surface area contributed by atoms with Crippen molar-refractivity contribution in [3.8, 4) is 11.5 Å². The summed E-state index contributed by atoms with van der Waals surface area (Å²) in [4.78, 5) is 23.9. The first-order valence-corrected chi connectivity index (χ1v) is 9.55. The van der Waals surface area contributed by atoms with Crippen LogP contribution in [0.4, 0.5) is 0 Å². The third-order valence-corrected chi connectivity index (χ3v) is 4.85. The van der Waals surface area contributed by atoms with Gasteiger partial charge in [-0.15, -0.1) is 0 Å². The molecule has 0 spiro atoms. The van der Waals surface area contributed by atoms with Crippen molar-refractivity contribution < 1.29 is 23.8 Å². The fraction of sp³-hybridized carbons (Fsp3) is 0.200. The normalized spacial score (nSPS) is 10.4. The molecule has 0 atom stereocenters. The van der Waals surface area contributed by atoms with E-state index in [1.807, 2.05) is 44.2 Å². The molecule has 0 radical (unpaired) electrons. The summed E-state index contributed by atoms with van der Waals surface area (Å²) in [5.74, 6) is 0.449. The Hall–Kier alpha value is -3.60. The fourth-order valence-electron chi connectivity index (χ4n) is 3.24. The van der Waals surface area contributed by atoms with Crippen molar-refractivity contribution in [2.75, 3.05) is 14.2 Å². The molecule has 0 unspecified atom stereocenters. The van der Waals surface area contributed by atoms with Crippen LogP contribution in [0, 0.1) is 13.8 Å². The van der Waals surface area contributed by atoms with Gasteiger partial charge in [0.05, 0.1) is 25.3 Å². The SMILES string of the molecule is COC(=O)c1ccc(C(=O)Oc2ccc(Cc3ccc(OC)c(C)c3)cc2C)cc1. The fourth-order valence-corrected chi connectivity index (χ4v) is 3.24. The summed E-state index contributed by atoms with van der Waals surface area (Å²) in [5, 5.41) is 0. The molecule has 0 aliphatic carbocycles. The lowest BCUT2D eigenvalue weighted by Crippen LogP contribution is -2.10. The van der Waals surface area contributed by atoms with Gasteiger partial charge in [0, 0.05) is 0 Å². The first kappa shape index (κ1) is 21.1. The topological polar surface area (TPSA) is 61.8 Å². The van der Waals surface area contributed by atoms with Gasteiger partial charge in [0.25, 0.3) is 0 Å². The van der Waals surface area contributed by atoms with Gasteiger partial charge in [-0.2, -0.15) is 0 Å². The molecular formula is C25H24O5. The van der Waals surface area contributed by atoms with Crippen LogP contribution in [0.25, 0.3) is 0 Å². The molecule has 0 fully saturated rings. The largest absolute Gasteiger partial charge is 0.496 e. The van der Waals surface area contributed by atoms with Crippen LogP contribution in [0.15, 0.2) is 60.7 Å². The van der Waals surface area contributed by atoms with Crippen LogP contribution in [0.5, 0.6) is 11.5 Å². The van der Waals surface area contributed by atoms with Gasteiger partial charge in [-0.25, -0.2) is 9.59 Å². The van der Waals surface area contributed by atoms with E-state index in [0.717, 1.165) is 28.9 Å². The summed E-state index contributed by atoms with van der Waals surface area (Å²) in [6.07, 6.45) is 0.773. The molecule has 3 aromatic rings. The Morgan fingerprint density at radius 1 is 0.700 bits per heavy atom. The highest BCUT2D eigenvalue weighted by Crippen LogP contribution is 2.24. The lowest BCUT2D eigenvalue weighted by Gasteiger charge is -2.11. The van der Waals surface area contributed by atoms with E-state index < -0.39 is 11.9 Å². The molecule has 5 heteroatoms. The third-order valence-electron chi connectivity index (χ3n) is 4.85. The Morgan fingerprint density at radius 2 is 1.20 bits per heavy atom. The molecule has 0 heterocycles. The summed E-state index contributed by atoms with van der Waals surface area (Å²) < 4.78 is 15.5. The smallest absolute Gasteiger partial charge is 0.343 e. The Balaban J connectivity index is 1.70. The van der Waals surface area contributed by atoms with Gasteiger partial charge in [-0.3, -0.25) is 0 Å². The lowest BCUT2D eigenvalue weighted by atomic mass is 10.0. The van der Waals surface area contributed by atoms with E-state index in [4.69, 9.17) is 9.47 Å². The minimum atomic E-state index is -0.479. The maximum atomic E-state index is 12.4. The molecule has 0 aromatic heterocycles. The van der Waals surface area contributed by atoms with E-state index in [1.54, 1.807) is 19.2 Å². The van der Waals surface area contributed by atoms with E-state index in [1.165, 1.54) is 24.8 Å². The summed E-state index contributed by atoms with van der Waals surface area (Å²) in [6, 6.07) is 18.1. The maximum absolute atomic E-state index is 12.4. The monoisotopic (exact) mass is 404 g/mol. The minimum Gasteiger partial charge on any atom is -0.496 e. The molecule has 0 saturated heterocycles. The number of esters is 2. The molecule has 154 valence electrons. The van der Waals surface area contributed by atoms with Crippen molar-refractivity contribution >= 4 is 11.9 Å². The van der Waals surface area contributed by atoms with E-state index in [9.17, 15) is 9.59 Å². The van der Waals surface area contributed by atoms with Crippen molar-refractivity contribution in [1.82, 2.24) is 0 Å². The summed E-state index contributed by atoms with van der Waals surface area (Å²) in [5.41, 5.74) is 5.01. The van der Waals surface area contributed by atoms with Crippen molar-refractivity contribution in [2.24, 2.45) is 0 Å². The number of carbonyl (C=O) groups is 2. The summed E-state index contributed by atoms with van der Waals surface area (Å²) in [7, 11) is 2.98. The van der Waals surface area contributed by atoms with Gasteiger partial charge in [-0.05, 0) is 78.9 Å². The maximum Gasteiger partial charge on any atom is 0.343 e. The first-order valence-electron chi connectivity index (χ1n) is 9.55. The van der Waals surface area contributed by atoms with Gasteiger partial charge in [0.15, 0.2) is 0 Å². The molecular weight excluding hydrogens is 380 g/mol. The second-order valence-corrected chi connectivity index (χ2v) is 7.04. The van der Waals surface area contributed by atoms with Gasteiger partial charge < -0.3 is 14.2 Å². The van der Waals surface area contributed by atoms with Crippen LogP contribution in [0.2, 0.25) is 0 Å². The molecule has 0 aliphatic rings. The number of carbonyl (C=O) groups excluding carboxylic acids is 2. The van der Waals surface area contributed by atoms with Crippen LogP contribution in [0.3, 0.4) is 0 Å². The van der Waals surface area contributed by atoms with Crippen molar-refractivity contribution in [3.63, 3.8) is 0 Å². The Labute approximate surface area is 176 Å². The van der Waals surface area contributed by atoms with Gasteiger partial charge in [-0.1, -0.05) is 24.3 Å². The van der Waals surface area contributed by atoms with Gasteiger partial charge in [0.1, 0.15) is 11.5 Å². The Kier molecular flexibility index (Phi) is 6.52. The number of ether oxygens (including phenoxy) is 3. The summed E-state index contributed by atoms with van der Waals surface area (Å²) >= 11 is 0. The predicted molar refractivity (Wildman–Crippen MR) is 114 cm³/mol. The van der Waals surface area contributed by atoms with E-state index in [2.05, 4.69) is 10.8 Å². The van der Waals surface area contributed by atoms with Crippen molar-refractivity contribution in [2.45, 2.75) is 20.3 Å². The first-order chi connectivity index (χ1) is 14.4. The highest BCUT2D eigenvalue weighted by Gasteiger charge is 2.13. The zero-order chi connectivity index (χ0) is 21.7. The van der Waals surface area contributed by atoms with E-state index >= 15 is 0 Å². The highest BCUT2D eigenvalue weighted by molar-refractivity contribution is 5.94. The number of rotatable bonds is 6. The highest BCUT2D eigenvalue weighted by atomic mass is 16.5. The molecule has 3 rings (SSSR count). The van der Waals surface area contributed by atoms with E-state index in [-0.39, 0.29) is 0 Å². The van der Waals surface area contributed by atoms with Gasteiger partial charge >= 0.3 is 11.9 Å². The number of benzene rings is 3. The van der Waals surface area contributed by atoms with E-state index in [0.29, 0.717) is 16.9 Å². The summed E-state index contributed by atoms with van der Waals surface area (Å²) in [6.45, 7) is 3.93. The zero-order valence-corrected chi connectivity index (χ0v) is 17.5. The third kappa shape index (κ3) is 4.87. The number of methoxy groups -OCH3 is 2. The zero-order valence-electron chi connectivity index (χ0n) is 17.5. The molecule has 0 aliphatic heterocycles. The predicted octanol–water partition coefficient (Wildman–Crippen LogP) is 4.91. The molecule has 5 nitrogen and oxygen atoms in total. The Morgan fingerprint density at radius 3 is 1.67 bits per heavy atom. The lowest BCUT2D eigenvalue weighted by molar-refractivity contribution is 0.0599. The second-order valence-electron chi connectivity index (χ2n) is 7.04. The standard InChI is InChI=1S/C25H24O5/c1-16-13-18(5-11-22(16)28-3)15-19-6-12-23(17(2)14-19)30-25(27)21-9-7-20(8-10-21)24(26)29-4/h5-14H,15H2,1-4H3. The average molecular weight is 404 g/mol. The quantitative estimate of drug-likeness (QED) is 0.432. The molecule has 3 aromatic carbocycles. The van der Waals surface area contributed by atoms with Crippen LogP contribution in [-0.4, -0.2) is 26.2 Å². The average Bonchev–Trinajstić information content (AvgIpc) is 2.75.